The van der Waals surface area contributed by atoms with E-state index in [9.17, 15) is 5.11 Å². The van der Waals surface area contributed by atoms with Gasteiger partial charge in [0.05, 0.1) is 0 Å². The molecule has 0 saturated carbocycles. The van der Waals surface area contributed by atoms with Gasteiger partial charge in [-0.05, 0) is 17.7 Å². The Balaban J connectivity index is 2.29. The van der Waals surface area contributed by atoms with E-state index in [4.69, 9.17) is 0 Å². The summed E-state index contributed by atoms with van der Waals surface area (Å²) in [5.41, 5.74) is 0.314. The molecular formula is C8H10N2O. The summed E-state index contributed by atoms with van der Waals surface area (Å²) in [6, 6.07) is 3.70. The average Bonchev–Trinajstić information content (AvgIpc) is 2.02. The Kier molecular flexibility index (Phi) is 1.41. The summed E-state index contributed by atoms with van der Waals surface area (Å²) in [5, 5.41) is 12.8. The smallest absolute Gasteiger partial charge is 0.114 e. The minimum Gasteiger partial charge on any atom is -0.382 e. The van der Waals surface area contributed by atoms with Crippen LogP contribution >= 0.6 is 0 Å². The molecule has 1 aliphatic heterocycles. The molecule has 1 fully saturated rings. The van der Waals surface area contributed by atoms with Gasteiger partial charge in [0.25, 0.3) is 0 Å². The molecule has 11 heavy (non-hydrogen) atoms. The number of pyridine rings is 1. The third-order valence-electron chi connectivity index (χ3n) is 2.05. The van der Waals surface area contributed by atoms with Crippen molar-refractivity contribution in [2.75, 3.05) is 13.1 Å². The van der Waals surface area contributed by atoms with Crippen molar-refractivity contribution in [3.63, 3.8) is 0 Å². The minimum absolute atomic E-state index is 0.636. The zero-order chi connectivity index (χ0) is 7.73. The van der Waals surface area contributed by atoms with Gasteiger partial charge in [-0.2, -0.15) is 0 Å². The van der Waals surface area contributed by atoms with Gasteiger partial charge in [-0.3, -0.25) is 4.98 Å². The van der Waals surface area contributed by atoms with E-state index < -0.39 is 5.60 Å². The summed E-state index contributed by atoms with van der Waals surface area (Å²) in [6.07, 6.45) is 3.40. The summed E-state index contributed by atoms with van der Waals surface area (Å²) in [5.74, 6) is 0. The van der Waals surface area contributed by atoms with Gasteiger partial charge in [-0.1, -0.05) is 0 Å². The van der Waals surface area contributed by atoms with Gasteiger partial charge in [-0.25, -0.2) is 0 Å². The van der Waals surface area contributed by atoms with Crippen LogP contribution < -0.4 is 5.32 Å². The molecule has 1 saturated heterocycles. The molecule has 0 spiro atoms. The van der Waals surface area contributed by atoms with Crippen LogP contribution in [0.25, 0.3) is 0 Å². The second-order valence-corrected chi connectivity index (χ2v) is 2.87. The maximum atomic E-state index is 9.79. The van der Waals surface area contributed by atoms with Crippen LogP contribution in [-0.4, -0.2) is 23.2 Å². The molecule has 2 heterocycles. The van der Waals surface area contributed by atoms with Crippen LogP contribution in [0.15, 0.2) is 24.5 Å². The molecule has 1 aromatic heterocycles. The van der Waals surface area contributed by atoms with E-state index in [-0.39, 0.29) is 0 Å². The molecule has 1 aromatic rings. The lowest BCUT2D eigenvalue weighted by Crippen LogP contribution is -2.56. The van der Waals surface area contributed by atoms with Crippen LogP contribution in [0.3, 0.4) is 0 Å². The van der Waals surface area contributed by atoms with Crippen LogP contribution in [0.4, 0.5) is 0 Å². The number of β-amino-alcohol motifs (C(OH)–C–C–N with tert-alkyl or cyclic N) is 1. The number of nitrogens with zero attached hydrogens (tertiary/aromatic N) is 1. The van der Waals surface area contributed by atoms with Gasteiger partial charge < -0.3 is 10.4 Å². The minimum atomic E-state index is -0.636. The summed E-state index contributed by atoms with van der Waals surface area (Å²) in [4.78, 5) is 3.89. The highest BCUT2D eigenvalue weighted by Gasteiger charge is 2.35. The van der Waals surface area contributed by atoms with Crippen molar-refractivity contribution in [1.29, 1.82) is 0 Å². The summed E-state index contributed by atoms with van der Waals surface area (Å²) < 4.78 is 0. The maximum absolute atomic E-state index is 9.79. The largest absolute Gasteiger partial charge is 0.382 e. The Morgan fingerprint density at radius 3 is 2.45 bits per heavy atom. The zero-order valence-electron chi connectivity index (χ0n) is 6.12. The van der Waals surface area contributed by atoms with Crippen LogP contribution in [0.1, 0.15) is 5.56 Å². The quantitative estimate of drug-likeness (QED) is 0.586. The summed E-state index contributed by atoms with van der Waals surface area (Å²) in [7, 11) is 0. The van der Waals surface area contributed by atoms with E-state index in [1.54, 1.807) is 12.4 Å². The highest BCUT2D eigenvalue weighted by Crippen LogP contribution is 2.23. The third kappa shape index (κ3) is 1.02. The molecule has 0 amide bonds. The summed E-state index contributed by atoms with van der Waals surface area (Å²) in [6.45, 7) is 1.30. The van der Waals surface area contributed by atoms with Crippen molar-refractivity contribution in [3.05, 3.63) is 30.1 Å². The Labute approximate surface area is 65.1 Å². The molecule has 0 atom stereocenters. The van der Waals surface area contributed by atoms with Crippen molar-refractivity contribution in [2.24, 2.45) is 0 Å². The molecule has 58 valence electrons. The number of hydrogen-bond acceptors (Lipinski definition) is 3. The molecule has 2 rings (SSSR count). The number of aliphatic hydroxyl groups is 1. The van der Waals surface area contributed by atoms with Crippen LogP contribution in [-0.2, 0) is 5.60 Å². The fourth-order valence-electron chi connectivity index (χ4n) is 1.23. The fourth-order valence-corrected chi connectivity index (χ4v) is 1.23. The predicted octanol–water partition coefficient (Wildman–Crippen LogP) is -0.128. The first-order valence-corrected chi connectivity index (χ1v) is 3.65. The first-order valence-electron chi connectivity index (χ1n) is 3.65. The second-order valence-electron chi connectivity index (χ2n) is 2.87. The van der Waals surface area contributed by atoms with Crippen LogP contribution in [0, 0.1) is 0 Å². The highest BCUT2D eigenvalue weighted by atomic mass is 16.3. The van der Waals surface area contributed by atoms with Gasteiger partial charge in [0.15, 0.2) is 0 Å². The summed E-state index contributed by atoms with van der Waals surface area (Å²) >= 11 is 0. The first kappa shape index (κ1) is 6.76. The predicted molar refractivity (Wildman–Crippen MR) is 41.0 cm³/mol. The van der Waals surface area contributed by atoms with Gasteiger partial charge in [0.1, 0.15) is 5.60 Å². The third-order valence-corrected chi connectivity index (χ3v) is 2.05. The standard InChI is InChI=1S/C8H10N2O/c11-8(5-10-6-8)7-1-3-9-4-2-7/h1-4,10-11H,5-6H2. The molecule has 0 unspecified atom stereocenters. The van der Waals surface area contributed by atoms with Gasteiger partial charge in [0.2, 0.25) is 0 Å². The van der Waals surface area contributed by atoms with Crippen molar-refractivity contribution in [1.82, 2.24) is 10.3 Å². The lowest BCUT2D eigenvalue weighted by atomic mass is 9.89. The van der Waals surface area contributed by atoms with Crippen molar-refractivity contribution < 1.29 is 5.11 Å². The maximum Gasteiger partial charge on any atom is 0.114 e. The molecule has 1 aliphatic rings. The van der Waals surface area contributed by atoms with Crippen molar-refractivity contribution in [3.8, 4) is 0 Å². The normalized spacial score (nSPS) is 20.8. The lowest BCUT2D eigenvalue weighted by molar-refractivity contribution is -0.0147. The number of nitrogens with one attached hydrogen (secondary N) is 1. The monoisotopic (exact) mass is 150 g/mol. The average molecular weight is 150 g/mol. The van der Waals surface area contributed by atoms with Crippen molar-refractivity contribution >= 4 is 0 Å². The Morgan fingerprint density at radius 2 is 2.00 bits per heavy atom. The highest BCUT2D eigenvalue weighted by molar-refractivity contribution is 5.23. The Bertz CT molecular complexity index is 244. The first-order chi connectivity index (χ1) is 5.31. The molecule has 2 N–H and O–H groups in total. The molecule has 3 heteroatoms. The van der Waals surface area contributed by atoms with Gasteiger partial charge in [-0.15, -0.1) is 0 Å². The SMILES string of the molecule is OC1(c2ccncc2)CNC1. The zero-order valence-corrected chi connectivity index (χ0v) is 6.12. The van der Waals surface area contributed by atoms with E-state index in [1.807, 2.05) is 12.1 Å². The number of aromatic nitrogens is 1. The topological polar surface area (TPSA) is 45.2 Å². The molecular weight excluding hydrogens is 140 g/mol. The molecule has 0 aromatic carbocycles. The molecule has 3 nitrogen and oxygen atoms in total. The van der Waals surface area contributed by atoms with E-state index in [0.29, 0.717) is 13.1 Å². The van der Waals surface area contributed by atoms with E-state index >= 15 is 0 Å². The molecule has 0 bridgehead atoms. The van der Waals surface area contributed by atoms with Gasteiger partial charge >= 0.3 is 0 Å². The van der Waals surface area contributed by atoms with Gasteiger partial charge in [0, 0.05) is 25.5 Å². The second kappa shape index (κ2) is 2.29. The fraction of sp³-hybridized carbons (Fsp3) is 0.375. The van der Waals surface area contributed by atoms with E-state index in [0.717, 1.165) is 5.56 Å². The van der Waals surface area contributed by atoms with E-state index in [1.165, 1.54) is 0 Å². The molecule has 0 aliphatic carbocycles. The van der Waals surface area contributed by atoms with E-state index in [2.05, 4.69) is 10.3 Å². The van der Waals surface area contributed by atoms with Crippen LogP contribution in [0.5, 0.6) is 0 Å². The Hall–Kier alpha value is -0.930. The number of hydrogen-bond donors (Lipinski definition) is 2. The number of rotatable bonds is 1. The van der Waals surface area contributed by atoms with Crippen molar-refractivity contribution in [2.45, 2.75) is 5.60 Å². The van der Waals surface area contributed by atoms with Crippen LogP contribution in [0.2, 0.25) is 0 Å². The lowest BCUT2D eigenvalue weighted by Gasteiger charge is -2.37. The molecule has 0 radical (unpaired) electrons. The Morgan fingerprint density at radius 1 is 1.36 bits per heavy atom.